The number of amides is 1. The Morgan fingerprint density at radius 3 is 2.68 bits per heavy atom. The highest BCUT2D eigenvalue weighted by Crippen LogP contribution is 2.37. The van der Waals surface area contributed by atoms with Crippen LogP contribution in [0, 0.1) is 0 Å². The summed E-state index contributed by atoms with van der Waals surface area (Å²) in [5.74, 6) is 1.41. The molecule has 1 amide bonds. The highest BCUT2D eigenvalue weighted by Gasteiger charge is 2.29. The van der Waals surface area contributed by atoms with Gasteiger partial charge in [-0.25, -0.2) is 0 Å². The van der Waals surface area contributed by atoms with Crippen LogP contribution in [-0.2, 0) is 4.79 Å². The maximum Gasteiger partial charge on any atom is 0.258 e. The zero-order chi connectivity index (χ0) is 17.8. The molecule has 0 saturated carbocycles. The zero-order valence-electron chi connectivity index (χ0n) is 14.9. The van der Waals surface area contributed by atoms with Gasteiger partial charge in [0.15, 0.2) is 11.5 Å². The third-order valence-electron chi connectivity index (χ3n) is 4.34. The quantitative estimate of drug-likeness (QED) is 0.579. The number of hydrogen-bond donors (Lipinski definition) is 0. The van der Waals surface area contributed by atoms with E-state index in [0.717, 1.165) is 35.4 Å². The fraction of sp³-hybridized carbons (Fsp3) is 0.286. The fourth-order valence-electron chi connectivity index (χ4n) is 2.92. The number of carbonyl (C=O) groups is 1. The number of carbonyl (C=O) groups excluding carboxylic acids is 1. The van der Waals surface area contributed by atoms with Crippen molar-refractivity contribution in [2.75, 3.05) is 25.7 Å². The van der Waals surface area contributed by atoms with Crippen molar-refractivity contribution >= 4 is 23.2 Å². The molecule has 2 aromatic carbocycles. The second kappa shape index (κ2) is 7.43. The highest BCUT2D eigenvalue weighted by atomic mass is 16.5. The third-order valence-corrected chi connectivity index (χ3v) is 4.34. The van der Waals surface area contributed by atoms with Crippen molar-refractivity contribution in [2.24, 2.45) is 0 Å². The van der Waals surface area contributed by atoms with Crippen LogP contribution in [0.15, 0.2) is 42.5 Å². The van der Waals surface area contributed by atoms with E-state index in [1.165, 1.54) is 0 Å². The van der Waals surface area contributed by atoms with Gasteiger partial charge in [-0.2, -0.15) is 0 Å². The average molecular weight is 337 g/mol. The van der Waals surface area contributed by atoms with Crippen LogP contribution >= 0.6 is 0 Å². The Balaban J connectivity index is 1.92. The molecule has 0 bridgehead atoms. The van der Waals surface area contributed by atoms with Crippen molar-refractivity contribution in [3.05, 3.63) is 53.6 Å². The van der Waals surface area contributed by atoms with Gasteiger partial charge in [0, 0.05) is 18.2 Å². The number of methoxy groups -OCH3 is 1. The smallest absolute Gasteiger partial charge is 0.258 e. The largest absolute Gasteiger partial charge is 0.493 e. The van der Waals surface area contributed by atoms with Crippen LogP contribution in [-0.4, -0.2) is 26.7 Å². The number of unbranched alkanes of at least 4 members (excludes halogenated alkanes) is 1. The lowest BCUT2D eigenvalue weighted by Gasteiger charge is -2.11. The Bertz CT molecular complexity index is 811. The molecule has 1 heterocycles. The number of ether oxygens (including phenoxy) is 2. The van der Waals surface area contributed by atoms with E-state index in [9.17, 15) is 4.79 Å². The summed E-state index contributed by atoms with van der Waals surface area (Å²) >= 11 is 0. The molecule has 2 aromatic rings. The van der Waals surface area contributed by atoms with Crippen LogP contribution in [0.2, 0.25) is 0 Å². The third kappa shape index (κ3) is 3.38. The maximum atomic E-state index is 12.6. The van der Waals surface area contributed by atoms with Crippen molar-refractivity contribution in [1.29, 1.82) is 0 Å². The molecular formula is C21H23NO3. The molecule has 0 spiro atoms. The Labute approximate surface area is 148 Å². The highest BCUT2D eigenvalue weighted by molar-refractivity contribution is 6.35. The minimum Gasteiger partial charge on any atom is -0.493 e. The minimum atomic E-state index is 0.00318. The summed E-state index contributed by atoms with van der Waals surface area (Å²) < 4.78 is 11.2. The molecule has 4 heteroatoms. The van der Waals surface area contributed by atoms with E-state index in [4.69, 9.17) is 9.47 Å². The molecule has 0 N–H and O–H groups in total. The standard InChI is InChI=1S/C21H23NO3/c1-4-5-12-25-19-11-10-15(14-20(19)24-3)13-17-16-8-6-7-9-18(16)22(2)21(17)23/h6-11,13-14H,4-5,12H2,1-3H3. The van der Waals surface area contributed by atoms with Gasteiger partial charge in [-0.1, -0.05) is 37.6 Å². The normalized spacial score (nSPS) is 14.8. The number of likely N-dealkylation sites (N-methyl/N-ethyl adjacent to an activating group) is 1. The van der Waals surface area contributed by atoms with Crippen molar-refractivity contribution in [3.8, 4) is 11.5 Å². The molecule has 0 aliphatic carbocycles. The molecule has 25 heavy (non-hydrogen) atoms. The summed E-state index contributed by atoms with van der Waals surface area (Å²) in [6.45, 7) is 2.80. The Kier molecular flexibility index (Phi) is 5.08. The van der Waals surface area contributed by atoms with Crippen molar-refractivity contribution < 1.29 is 14.3 Å². The number of para-hydroxylation sites is 1. The molecular weight excluding hydrogens is 314 g/mol. The second-order valence-electron chi connectivity index (χ2n) is 6.05. The summed E-state index contributed by atoms with van der Waals surface area (Å²) in [6.07, 6.45) is 4.00. The number of anilines is 1. The van der Waals surface area contributed by atoms with E-state index in [0.29, 0.717) is 17.9 Å². The molecule has 0 fully saturated rings. The van der Waals surface area contributed by atoms with E-state index >= 15 is 0 Å². The molecule has 3 rings (SSSR count). The predicted molar refractivity (Wildman–Crippen MR) is 101 cm³/mol. The van der Waals surface area contributed by atoms with Crippen molar-refractivity contribution in [1.82, 2.24) is 0 Å². The van der Waals surface area contributed by atoms with Crippen LogP contribution in [0.4, 0.5) is 5.69 Å². The van der Waals surface area contributed by atoms with Gasteiger partial charge in [-0.05, 0) is 36.3 Å². The predicted octanol–water partition coefficient (Wildman–Crippen LogP) is 4.39. The summed E-state index contributed by atoms with van der Waals surface area (Å²) in [5, 5.41) is 0. The van der Waals surface area contributed by atoms with E-state index in [2.05, 4.69) is 6.92 Å². The van der Waals surface area contributed by atoms with Crippen LogP contribution in [0.5, 0.6) is 11.5 Å². The number of benzene rings is 2. The van der Waals surface area contributed by atoms with Crippen LogP contribution < -0.4 is 14.4 Å². The Morgan fingerprint density at radius 1 is 1.12 bits per heavy atom. The van der Waals surface area contributed by atoms with Crippen LogP contribution in [0.1, 0.15) is 30.9 Å². The van der Waals surface area contributed by atoms with E-state index < -0.39 is 0 Å². The van der Waals surface area contributed by atoms with Gasteiger partial charge in [0.25, 0.3) is 5.91 Å². The minimum absolute atomic E-state index is 0.00318. The first kappa shape index (κ1) is 17.1. The summed E-state index contributed by atoms with van der Waals surface area (Å²) in [6, 6.07) is 13.6. The average Bonchev–Trinajstić information content (AvgIpc) is 2.88. The number of rotatable bonds is 6. The lowest BCUT2D eigenvalue weighted by Crippen LogP contribution is -2.20. The SMILES string of the molecule is CCCCOc1ccc(C=C2C(=O)N(C)c3ccccc32)cc1OC. The second-order valence-corrected chi connectivity index (χ2v) is 6.05. The van der Waals surface area contributed by atoms with Gasteiger partial charge in [0.1, 0.15) is 0 Å². The monoisotopic (exact) mass is 337 g/mol. The van der Waals surface area contributed by atoms with Gasteiger partial charge in [0.05, 0.1) is 19.4 Å². The molecule has 4 nitrogen and oxygen atoms in total. The van der Waals surface area contributed by atoms with E-state index in [1.807, 2.05) is 48.5 Å². The molecule has 1 aliphatic rings. The molecule has 0 unspecified atom stereocenters. The molecule has 0 aromatic heterocycles. The molecule has 130 valence electrons. The fourth-order valence-corrected chi connectivity index (χ4v) is 2.92. The lowest BCUT2D eigenvalue weighted by molar-refractivity contribution is -0.112. The summed E-state index contributed by atoms with van der Waals surface area (Å²) in [4.78, 5) is 14.2. The molecule has 0 saturated heterocycles. The van der Waals surface area contributed by atoms with E-state index in [1.54, 1.807) is 19.1 Å². The summed E-state index contributed by atoms with van der Waals surface area (Å²) in [5.41, 5.74) is 3.50. The van der Waals surface area contributed by atoms with E-state index in [-0.39, 0.29) is 5.91 Å². The lowest BCUT2D eigenvalue weighted by atomic mass is 10.0. The number of hydrogen-bond acceptors (Lipinski definition) is 3. The molecule has 0 radical (unpaired) electrons. The first-order valence-corrected chi connectivity index (χ1v) is 8.55. The van der Waals surface area contributed by atoms with Crippen LogP contribution in [0.25, 0.3) is 11.6 Å². The number of fused-ring (bicyclic) bond motifs is 1. The zero-order valence-corrected chi connectivity index (χ0v) is 14.9. The van der Waals surface area contributed by atoms with Crippen molar-refractivity contribution in [2.45, 2.75) is 19.8 Å². The molecule has 1 aliphatic heterocycles. The van der Waals surface area contributed by atoms with Crippen LogP contribution in [0.3, 0.4) is 0 Å². The first-order chi connectivity index (χ1) is 12.2. The molecule has 0 atom stereocenters. The van der Waals surface area contributed by atoms with Gasteiger partial charge in [-0.15, -0.1) is 0 Å². The Morgan fingerprint density at radius 2 is 1.92 bits per heavy atom. The number of nitrogens with zero attached hydrogens (tertiary/aromatic N) is 1. The van der Waals surface area contributed by atoms with Gasteiger partial charge in [-0.3, -0.25) is 4.79 Å². The topological polar surface area (TPSA) is 38.8 Å². The Hall–Kier alpha value is -2.75. The van der Waals surface area contributed by atoms with Gasteiger partial charge >= 0.3 is 0 Å². The first-order valence-electron chi connectivity index (χ1n) is 8.55. The maximum absolute atomic E-state index is 12.6. The van der Waals surface area contributed by atoms with Gasteiger partial charge < -0.3 is 14.4 Å². The summed E-state index contributed by atoms with van der Waals surface area (Å²) in [7, 11) is 3.43. The van der Waals surface area contributed by atoms with Gasteiger partial charge in [0.2, 0.25) is 0 Å². The van der Waals surface area contributed by atoms with Crippen molar-refractivity contribution in [3.63, 3.8) is 0 Å².